The maximum absolute atomic E-state index is 12.5. The van der Waals surface area contributed by atoms with Crippen LogP contribution in [0.25, 0.3) is 0 Å². The van der Waals surface area contributed by atoms with Crippen molar-refractivity contribution in [2.75, 3.05) is 25.0 Å². The van der Waals surface area contributed by atoms with Gasteiger partial charge in [-0.15, -0.1) is 0 Å². The second-order valence-electron chi connectivity index (χ2n) is 9.13. The third-order valence-electron chi connectivity index (χ3n) is 6.33. The molecule has 0 radical (unpaired) electrons. The lowest BCUT2D eigenvalue weighted by atomic mass is 10.0. The van der Waals surface area contributed by atoms with Crippen molar-refractivity contribution < 1.29 is 4.79 Å². The third-order valence-corrected chi connectivity index (χ3v) is 6.33. The normalized spacial score (nSPS) is 20.2. The highest BCUT2D eigenvalue weighted by Crippen LogP contribution is 2.29. The zero-order valence-corrected chi connectivity index (χ0v) is 18.0. The molecule has 1 saturated heterocycles. The Hall–Kier alpha value is -1.62. The number of carbonyl (C=O) groups excluding carboxylic acids is 1. The molecule has 1 saturated carbocycles. The standard InChI is InChI=1S/C23H38N4O/c1-18(2)7-6-8-19(3)17-26-15-12-21(13-16-26)27-22(11-14-24-27)25-23(28)20-9-4-5-10-20/h7,11,14,19-21H,4-6,8-10,12-13,15-17H2,1-3H3,(H,25,28)/t19-/m1/s1. The Bertz CT molecular complexity index is 647. The van der Waals surface area contributed by atoms with Crippen molar-refractivity contribution in [3.63, 3.8) is 0 Å². The first-order chi connectivity index (χ1) is 13.5. The molecule has 0 spiro atoms. The van der Waals surface area contributed by atoms with Crippen LogP contribution in [0.15, 0.2) is 23.9 Å². The van der Waals surface area contributed by atoms with Gasteiger partial charge >= 0.3 is 0 Å². The van der Waals surface area contributed by atoms with Crippen molar-refractivity contribution in [3.8, 4) is 0 Å². The summed E-state index contributed by atoms with van der Waals surface area (Å²) in [5, 5.41) is 7.69. The van der Waals surface area contributed by atoms with Gasteiger partial charge in [0.2, 0.25) is 5.91 Å². The number of likely N-dealkylation sites (tertiary alicyclic amines) is 1. The van der Waals surface area contributed by atoms with Gasteiger partial charge in [0.05, 0.1) is 12.2 Å². The van der Waals surface area contributed by atoms with Crippen LogP contribution in [0.3, 0.4) is 0 Å². The van der Waals surface area contributed by atoms with Gasteiger partial charge in [0.25, 0.3) is 0 Å². The van der Waals surface area contributed by atoms with Crippen LogP contribution >= 0.6 is 0 Å². The lowest BCUT2D eigenvalue weighted by Gasteiger charge is -2.34. The summed E-state index contributed by atoms with van der Waals surface area (Å²) < 4.78 is 2.06. The molecular formula is C23H38N4O. The van der Waals surface area contributed by atoms with Gasteiger partial charge in [0.15, 0.2) is 0 Å². The second kappa shape index (κ2) is 10.2. The molecule has 5 heteroatoms. The van der Waals surface area contributed by atoms with Gasteiger partial charge in [-0.2, -0.15) is 5.10 Å². The van der Waals surface area contributed by atoms with E-state index in [0.717, 1.165) is 50.5 Å². The van der Waals surface area contributed by atoms with Gasteiger partial charge in [-0.1, -0.05) is 31.4 Å². The zero-order chi connectivity index (χ0) is 19.9. The Kier molecular flexibility index (Phi) is 7.72. The highest BCUT2D eigenvalue weighted by molar-refractivity contribution is 5.91. The lowest BCUT2D eigenvalue weighted by molar-refractivity contribution is -0.119. The van der Waals surface area contributed by atoms with Crippen molar-refractivity contribution >= 4 is 11.7 Å². The smallest absolute Gasteiger partial charge is 0.228 e. The highest BCUT2D eigenvalue weighted by atomic mass is 16.2. The van der Waals surface area contributed by atoms with E-state index in [0.29, 0.717) is 6.04 Å². The van der Waals surface area contributed by atoms with Crippen LogP contribution in [-0.4, -0.2) is 40.2 Å². The Morgan fingerprint density at radius 1 is 1.25 bits per heavy atom. The van der Waals surface area contributed by atoms with Crippen molar-refractivity contribution in [1.82, 2.24) is 14.7 Å². The summed E-state index contributed by atoms with van der Waals surface area (Å²) in [4.78, 5) is 15.1. The molecule has 28 heavy (non-hydrogen) atoms. The fourth-order valence-electron chi connectivity index (χ4n) is 4.66. The summed E-state index contributed by atoms with van der Waals surface area (Å²) >= 11 is 0. The number of anilines is 1. The Balaban J connectivity index is 1.45. The first-order valence-corrected chi connectivity index (χ1v) is 11.2. The van der Waals surface area contributed by atoms with Crippen LogP contribution in [0.4, 0.5) is 5.82 Å². The summed E-state index contributed by atoms with van der Waals surface area (Å²) in [6.45, 7) is 10.1. The summed E-state index contributed by atoms with van der Waals surface area (Å²) in [5.41, 5.74) is 1.42. The first-order valence-electron chi connectivity index (χ1n) is 11.2. The number of carbonyl (C=O) groups is 1. The van der Waals surface area contributed by atoms with Gasteiger partial charge in [0.1, 0.15) is 5.82 Å². The molecule has 156 valence electrons. The number of nitrogens with zero attached hydrogens (tertiary/aromatic N) is 3. The molecule has 1 aliphatic heterocycles. The summed E-state index contributed by atoms with van der Waals surface area (Å²) in [6, 6.07) is 2.34. The maximum atomic E-state index is 12.5. The number of hydrogen-bond donors (Lipinski definition) is 1. The predicted octanol–water partition coefficient (Wildman–Crippen LogP) is 5.03. The van der Waals surface area contributed by atoms with Crippen molar-refractivity contribution in [2.45, 2.75) is 78.2 Å². The minimum absolute atomic E-state index is 0.182. The van der Waals surface area contributed by atoms with E-state index in [1.807, 2.05) is 12.3 Å². The van der Waals surface area contributed by atoms with Gasteiger partial charge in [-0.25, -0.2) is 4.68 Å². The highest BCUT2D eigenvalue weighted by Gasteiger charge is 2.26. The molecule has 1 aromatic heterocycles. The van der Waals surface area contributed by atoms with E-state index in [-0.39, 0.29) is 11.8 Å². The van der Waals surface area contributed by atoms with E-state index in [2.05, 4.69) is 46.8 Å². The SMILES string of the molecule is CC(C)=CCC[C@@H](C)CN1CCC(n2nccc2NC(=O)C2CCCC2)CC1. The Labute approximate surface area is 170 Å². The number of rotatable bonds is 8. The van der Waals surface area contributed by atoms with E-state index in [1.54, 1.807) is 0 Å². The molecule has 2 heterocycles. The minimum Gasteiger partial charge on any atom is -0.311 e. The molecule has 1 amide bonds. The molecule has 2 fully saturated rings. The predicted molar refractivity (Wildman–Crippen MR) is 115 cm³/mol. The topological polar surface area (TPSA) is 50.2 Å². The molecule has 1 aliphatic carbocycles. The molecular weight excluding hydrogens is 348 g/mol. The number of amides is 1. The second-order valence-corrected chi connectivity index (χ2v) is 9.13. The minimum atomic E-state index is 0.182. The first kappa shape index (κ1) is 21.1. The number of allylic oxidation sites excluding steroid dienone is 2. The van der Waals surface area contributed by atoms with Crippen molar-refractivity contribution in [3.05, 3.63) is 23.9 Å². The monoisotopic (exact) mass is 386 g/mol. The van der Waals surface area contributed by atoms with Crippen molar-refractivity contribution in [1.29, 1.82) is 0 Å². The van der Waals surface area contributed by atoms with Gasteiger partial charge in [0, 0.05) is 31.6 Å². The molecule has 3 rings (SSSR count). The van der Waals surface area contributed by atoms with Crippen LogP contribution in [-0.2, 0) is 4.79 Å². The maximum Gasteiger partial charge on any atom is 0.228 e. The van der Waals surface area contributed by atoms with Crippen LogP contribution in [0, 0.1) is 11.8 Å². The molecule has 0 bridgehead atoms. The summed E-state index contributed by atoms with van der Waals surface area (Å²) in [5.74, 6) is 1.99. The number of nitrogens with one attached hydrogen (secondary N) is 1. The van der Waals surface area contributed by atoms with Crippen molar-refractivity contribution in [2.24, 2.45) is 11.8 Å². The third kappa shape index (κ3) is 5.94. The average molecular weight is 387 g/mol. The number of hydrogen-bond acceptors (Lipinski definition) is 3. The van der Waals surface area contributed by atoms with E-state index >= 15 is 0 Å². The van der Waals surface area contributed by atoms with E-state index in [9.17, 15) is 4.79 Å². The number of aromatic nitrogens is 2. The van der Waals surface area contributed by atoms with Crippen LogP contribution in [0.5, 0.6) is 0 Å². The van der Waals surface area contributed by atoms with Crippen LogP contribution < -0.4 is 5.32 Å². The molecule has 1 N–H and O–H groups in total. The quantitative estimate of drug-likeness (QED) is 0.637. The largest absolute Gasteiger partial charge is 0.311 e. The number of piperidine rings is 1. The molecule has 1 atom stereocenters. The molecule has 2 aliphatic rings. The molecule has 1 aromatic rings. The average Bonchev–Trinajstić information content (AvgIpc) is 3.34. The van der Waals surface area contributed by atoms with E-state index < -0.39 is 0 Å². The lowest BCUT2D eigenvalue weighted by Crippen LogP contribution is -2.38. The van der Waals surface area contributed by atoms with E-state index in [1.165, 1.54) is 37.8 Å². The fourth-order valence-corrected chi connectivity index (χ4v) is 4.66. The van der Waals surface area contributed by atoms with Gasteiger partial charge < -0.3 is 10.2 Å². The fraction of sp³-hybridized carbons (Fsp3) is 0.739. The van der Waals surface area contributed by atoms with Gasteiger partial charge in [-0.05, 0) is 58.3 Å². The Morgan fingerprint density at radius 2 is 1.96 bits per heavy atom. The summed E-state index contributed by atoms with van der Waals surface area (Å²) in [6.07, 6.45) is 13.3. The molecule has 5 nitrogen and oxygen atoms in total. The molecule has 0 unspecified atom stereocenters. The van der Waals surface area contributed by atoms with Crippen LogP contribution in [0.1, 0.15) is 78.2 Å². The zero-order valence-electron chi connectivity index (χ0n) is 18.0. The van der Waals surface area contributed by atoms with Gasteiger partial charge in [-0.3, -0.25) is 4.79 Å². The molecule has 0 aromatic carbocycles. The summed E-state index contributed by atoms with van der Waals surface area (Å²) in [7, 11) is 0. The Morgan fingerprint density at radius 3 is 2.64 bits per heavy atom. The van der Waals surface area contributed by atoms with Crippen LogP contribution in [0.2, 0.25) is 0 Å². The van der Waals surface area contributed by atoms with E-state index in [4.69, 9.17) is 0 Å².